The summed E-state index contributed by atoms with van der Waals surface area (Å²) in [7, 11) is 0. The van der Waals surface area contributed by atoms with Gasteiger partial charge < -0.3 is 14.8 Å². The molecule has 0 bridgehead atoms. The number of pyridine rings is 1. The van der Waals surface area contributed by atoms with E-state index in [4.69, 9.17) is 9.47 Å². The molecular formula is C17H22N2O3. The van der Waals surface area contributed by atoms with Gasteiger partial charge in [0, 0.05) is 18.2 Å². The third-order valence-electron chi connectivity index (χ3n) is 3.33. The second-order valence-corrected chi connectivity index (χ2v) is 5.34. The number of carbonyl (C=O) groups excluding carboxylic acids is 1. The number of nitrogens with one attached hydrogen (secondary N) is 1. The number of nitrogens with zero attached hydrogens (tertiary/aromatic N) is 1. The number of rotatable bonds is 6. The summed E-state index contributed by atoms with van der Waals surface area (Å²) in [4.78, 5) is 16.7. The molecule has 118 valence electrons. The molecule has 1 aromatic heterocycles. The maximum absolute atomic E-state index is 12.4. The molecule has 0 aliphatic heterocycles. The van der Waals surface area contributed by atoms with Gasteiger partial charge >= 0.3 is 0 Å². The van der Waals surface area contributed by atoms with Crippen LogP contribution < -0.4 is 10.1 Å². The predicted molar refractivity (Wildman–Crippen MR) is 87.2 cm³/mol. The van der Waals surface area contributed by atoms with Crippen molar-refractivity contribution in [3.63, 3.8) is 0 Å². The summed E-state index contributed by atoms with van der Waals surface area (Å²) in [5.41, 5.74) is 0.544. The highest BCUT2D eigenvalue weighted by molar-refractivity contribution is 6.05. The lowest BCUT2D eigenvalue weighted by atomic mass is 10.1. The van der Waals surface area contributed by atoms with Crippen molar-refractivity contribution in [2.45, 2.75) is 33.3 Å². The summed E-state index contributed by atoms with van der Waals surface area (Å²) in [6, 6.07) is 7.40. The number of amides is 1. The minimum Gasteiger partial charge on any atom is -0.492 e. The average Bonchev–Trinajstić information content (AvgIpc) is 2.49. The maximum atomic E-state index is 12.4. The van der Waals surface area contributed by atoms with E-state index in [1.165, 1.54) is 0 Å². The zero-order valence-electron chi connectivity index (χ0n) is 13.5. The molecule has 0 unspecified atom stereocenters. The number of hydrogen-bond acceptors (Lipinski definition) is 4. The van der Waals surface area contributed by atoms with Crippen molar-refractivity contribution in [2.75, 3.05) is 18.5 Å². The van der Waals surface area contributed by atoms with Crippen LogP contribution in [0.5, 0.6) is 5.75 Å². The number of fused-ring (bicyclic) bond motifs is 1. The van der Waals surface area contributed by atoms with Gasteiger partial charge in [-0.05, 0) is 52.0 Å². The SMILES string of the molecule is CCOc1ccc(NC(=O)C(C)(C)OCC)c2cccnc12. The molecule has 0 saturated heterocycles. The van der Waals surface area contributed by atoms with E-state index in [-0.39, 0.29) is 5.91 Å². The second-order valence-electron chi connectivity index (χ2n) is 5.34. The van der Waals surface area contributed by atoms with Crippen molar-refractivity contribution in [1.29, 1.82) is 0 Å². The fourth-order valence-corrected chi connectivity index (χ4v) is 2.23. The Balaban J connectivity index is 2.37. The summed E-state index contributed by atoms with van der Waals surface area (Å²) < 4.78 is 11.1. The fourth-order valence-electron chi connectivity index (χ4n) is 2.23. The van der Waals surface area contributed by atoms with Crippen LogP contribution in [0, 0.1) is 0 Å². The summed E-state index contributed by atoms with van der Waals surface area (Å²) >= 11 is 0. The second kappa shape index (κ2) is 6.75. The number of carbonyl (C=O) groups is 1. The van der Waals surface area contributed by atoms with Crippen LogP contribution in [-0.2, 0) is 9.53 Å². The van der Waals surface area contributed by atoms with Crippen LogP contribution in [0.2, 0.25) is 0 Å². The van der Waals surface area contributed by atoms with Crippen LogP contribution >= 0.6 is 0 Å². The molecule has 2 rings (SSSR count). The molecule has 2 aromatic rings. The standard InChI is InChI=1S/C17H22N2O3/c1-5-21-14-10-9-13(12-8-7-11-18-15(12)14)19-16(20)17(3,4)22-6-2/h7-11H,5-6H2,1-4H3,(H,19,20). The maximum Gasteiger partial charge on any atom is 0.256 e. The topological polar surface area (TPSA) is 60.5 Å². The monoisotopic (exact) mass is 302 g/mol. The van der Waals surface area contributed by atoms with Gasteiger partial charge in [0.15, 0.2) is 0 Å². The van der Waals surface area contributed by atoms with Gasteiger partial charge in [-0.25, -0.2) is 0 Å². The van der Waals surface area contributed by atoms with Gasteiger partial charge in [-0.15, -0.1) is 0 Å². The Labute approximate surface area is 130 Å². The largest absolute Gasteiger partial charge is 0.492 e. The molecule has 1 aromatic carbocycles. The number of hydrogen-bond donors (Lipinski definition) is 1. The van der Waals surface area contributed by atoms with Crippen molar-refractivity contribution < 1.29 is 14.3 Å². The first-order valence-corrected chi connectivity index (χ1v) is 7.45. The van der Waals surface area contributed by atoms with Gasteiger partial charge in [-0.3, -0.25) is 9.78 Å². The van der Waals surface area contributed by atoms with Crippen molar-refractivity contribution in [3.8, 4) is 5.75 Å². The Bertz CT molecular complexity index is 668. The molecule has 1 heterocycles. The van der Waals surface area contributed by atoms with Crippen molar-refractivity contribution in [1.82, 2.24) is 4.98 Å². The molecule has 5 nitrogen and oxygen atoms in total. The van der Waals surface area contributed by atoms with E-state index in [2.05, 4.69) is 10.3 Å². The number of ether oxygens (including phenoxy) is 2. The first kappa shape index (κ1) is 16.2. The zero-order valence-corrected chi connectivity index (χ0v) is 13.5. The van der Waals surface area contributed by atoms with Gasteiger partial charge in [-0.2, -0.15) is 0 Å². The third-order valence-corrected chi connectivity index (χ3v) is 3.33. The Morgan fingerprint density at radius 2 is 2.00 bits per heavy atom. The summed E-state index contributed by atoms with van der Waals surface area (Å²) in [6.07, 6.45) is 1.71. The molecular weight excluding hydrogens is 280 g/mol. The van der Waals surface area contributed by atoms with E-state index in [0.717, 1.165) is 10.9 Å². The van der Waals surface area contributed by atoms with Crippen LogP contribution in [0.1, 0.15) is 27.7 Å². The van der Waals surface area contributed by atoms with E-state index in [1.807, 2.05) is 38.1 Å². The van der Waals surface area contributed by atoms with Crippen molar-refractivity contribution in [3.05, 3.63) is 30.5 Å². The van der Waals surface area contributed by atoms with Gasteiger partial charge in [0.2, 0.25) is 0 Å². The van der Waals surface area contributed by atoms with Gasteiger partial charge in [-0.1, -0.05) is 0 Å². The Morgan fingerprint density at radius 1 is 1.23 bits per heavy atom. The molecule has 0 fully saturated rings. The molecule has 0 saturated carbocycles. The Kier molecular flexibility index (Phi) is 4.98. The molecule has 0 radical (unpaired) electrons. The molecule has 0 aliphatic carbocycles. The summed E-state index contributed by atoms with van der Waals surface area (Å²) in [6.45, 7) is 8.34. The van der Waals surface area contributed by atoms with Crippen LogP contribution in [-0.4, -0.2) is 29.7 Å². The normalized spacial score (nSPS) is 11.5. The molecule has 22 heavy (non-hydrogen) atoms. The first-order chi connectivity index (χ1) is 10.5. The third kappa shape index (κ3) is 3.36. The summed E-state index contributed by atoms with van der Waals surface area (Å²) in [5, 5.41) is 3.76. The van der Waals surface area contributed by atoms with Gasteiger partial charge in [0.05, 0.1) is 12.3 Å². The minimum atomic E-state index is -0.887. The van der Waals surface area contributed by atoms with Crippen LogP contribution in [0.3, 0.4) is 0 Å². The van der Waals surface area contributed by atoms with E-state index >= 15 is 0 Å². The van der Waals surface area contributed by atoms with Crippen LogP contribution in [0.4, 0.5) is 5.69 Å². The molecule has 1 N–H and O–H groups in total. The minimum absolute atomic E-state index is 0.191. The molecule has 0 aliphatic rings. The van der Waals surface area contributed by atoms with E-state index in [1.54, 1.807) is 20.0 Å². The fraction of sp³-hybridized carbons (Fsp3) is 0.412. The summed E-state index contributed by atoms with van der Waals surface area (Å²) in [5.74, 6) is 0.517. The van der Waals surface area contributed by atoms with Gasteiger partial charge in [0.25, 0.3) is 5.91 Å². The highest BCUT2D eigenvalue weighted by Crippen LogP contribution is 2.30. The van der Waals surface area contributed by atoms with Crippen LogP contribution in [0.25, 0.3) is 10.9 Å². The van der Waals surface area contributed by atoms with Gasteiger partial charge in [0.1, 0.15) is 16.9 Å². The first-order valence-electron chi connectivity index (χ1n) is 7.45. The zero-order chi connectivity index (χ0) is 16.2. The average molecular weight is 302 g/mol. The highest BCUT2D eigenvalue weighted by Gasteiger charge is 2.28. The lowest BCUT2D eigenvalue weighted by Gasteiger charge is -2.24. The Hall–Kier alpha value is -2.14. The Morgan fingerprint density at radius 3 is 2.68 bits per heavy atom. The quantitative estimate of drug-likeness (QED) is 0.888. The van der Waals surface area contributed by atoms with Crippen LogP contribution in [0.15, 0.2) is 30.5 Å². The van der Waals surface area contributed by atoms with E-state index < -0.39 is 5.60 Å². The predicted octanol–water partition coefficient (Wildman–Crippen LogP) is 3.39. The number of anilines is 1. The van der Waals surface area contributed by atoms with E-state index in [9.17, 15) is 4.79 Å². The molecule has 5 heteroatoms. The highest BCUT2D eigenvalue weighted by atomic mass is 16.5. The smallest absolute Gasteiger partial charge is 0.256 e. The molecule has 1 amide bonds. The molecule has 0 atom stereocenters. The molecule has 0 spiro atoms. The number of benzene rings is 1. The van der Waals surface area contributed by atoms with E-state index in [0.29, 0.717) is 24.7 Å². The number of aromatic nitrogens is 1. The lowest BCUT2D eigenvalue weighted by molar-refractivity contribution is -0.136. The lowest BCUT2D eigenvalue weighted by Crippen LogP contribution is -2.39. The van der Waals surface area contributed by atoms with Crippen molar-refractivity contribution in [2.24, 2.45) is 0 Å². The van der Waals surface area contributed by atoms with Crippen molar-refractivity contribution >= 4 is 22.5 Å².